The SMILES string of the molecule is CCCNC(=O)[C@H](C)NC(=O)COC(=O)Cc1coc2cc(C)c(C)cc12. The number of carbonyl (C=O) groups is 3. The molecule has 0 aliphatic rings. The van der Waals surface area contributed by atoms with Crippen LogP contribution in [0.1, 0.15) is 37.0 Å². The Hall–Kier alpha value is -2.83. The van der Waals surface area contributed by atoms with Crippen LogP contribution in [0.3, 0.4) is 0 Å². The van der Waals surface area contributed by atoms with E-state index in [0.29, 0.717) is 17.7 Å². The highest BCUT2D eigenvalue weighted by molar-refractivity contribution is 5.89. The summed E-state index contributed by atoms with van der Waals surface area (Å²) in [7, 11) is 0. The predicted molar refractivity (Wildman–Crippen MR) is 101 cm³/mol. The summed E-state index contributed by atoms with van der Waals surface area (Å²) >= 11 is 0. The van der Waals surface area contributed by atoms with Crippen molar-refractivity contribution < 1.29 is 23.5 Å². The van der Waals surface area contributed by atoms with Crippen molar-refractivity contribution in [2.24, 2.45) is 0 Å². The molecule has 2 rings (SSSR count). The van der Waals surface area contributed by atoms with Gasteiger partial charge in [-0.1, -0.05) is 6.92 Å². The first-order valence-electron chi connectivity index (χ1n) is 9.01. The van der Waals surface area contributed by atoms with Gasteiger partial charge in [0.1, 0.15) is 11.6 Å². The molecule has 0 spiro atoms. The number of amides is 2. The molecule has 0 bridgehead atoms. The summed E-state index contributed by atoms with van der Waals surface area (Å²) in [4.78, 5) is 35.6. The molecule has 0 saturated carbocycles. The summed E-state index contributed by atoms with van der Waals surface area (Å²) in [6, 6.07) is 3.21. The van der Waals surface area contributed by atoms with E-state index in [4.69, 9.17) is 9.15 Å². The van der Waals surface area contributed by atoms with Gasteiger partial charge in [-0.2, -0.15) is 0 Å². The maximum atomic E-state index is 12.0. The number of furan rings is 1. The van der Waals surface area contributed by atoms with Crippen LogP contribution in [0.5, 0.6) is 0 Å². The van der Waals surface area contributed by atoms with Gasteiger partial charge in [0, 0.05) is 17.5 Å². The Labute approximate surface area is 158 Å². The zero-order valence-electron chi connectivity index (χ0n) is 16.2. The first-order chi connectivity index (χ1) is 12.8. The molecule has 7 nitrogen and oxygen atoms in total. The fourth-order valence-electron chi connectivity index (χ4n) is 2.58. The van der Waals surface area contributed by atoms with E-state index in [1.807, 2.05) is 32.9 Å². The topological polar surface area (TPSA) is 97.6 Å². The lowest BCUT2D eigenvalue weighted by Crippen LogP contribution is -2.46. The Bertz CT molecular complexity index is 840. The van der Waals surface area contributed by atoms with Crippen molar-refractivity contribution in [2.75, 3.05) is 13.2 Å². The Balaban J connectivity index is 1.85. The van der Waals surface area contributed by atoms with Crippen LogP contribution in [0.15, 0.2) is 22.8 Å². The fraction of sp³-hybridized carbons (Fsp3) is 0.450. The molecule has 7 heteroatoms. The highest BCUT2D eigenvalue weighted by Crippen LogP contribution is 2.25. The third-order valence-corrected chi connectivity index (χ3v) is 4.29. The van der Waals surface area contributed by atoms with E-state index in [1.54, 1.807) is 6.92 Å². The first-order valence-corrected chi connectivity index (χ1v) is 9.01. The monoisotopic (exact) mass is 374 g/mol. The molecule has 1 aromatic heterocycles. The molecule has 0 aliphatic carbocycles. The Morgan fingerprint density at radius 1 is 1.19 bits per heavy atom. The summed E-state index contributed by atoms with van der Waals surface area (Å²) < 4.78 is 10.5. The molecular weight excluding hydrogens is 348 g/mol. The second kappa shape index (κ2) is 9.21. The van der Waals surface area contributed by atoms with Crippen molar-refractivity contribution in [1.82, 2.24) is 10.6 Å². The molecule has 2 aromatic rings. The smallest absolute Gasteiger partial charge is 0.310 e. The summed E-state index contributed by atoms with van der Waals surface area (Å²) in [5.41, 5.74) is 3.64. The molecule has 1 atom stereocenters. The Morgan fingerprint density at radius 2 is 1.89 bits per heavy atom. The van der Waals surface area contributed by atoms with Gasteiger partial charge in [-0.05, 0) is 50.5 Å². The number of hydrogen-bond donors (Lipinski definition) is 2. The van der Waals surface area contributed by atoms with E-state index in [-0.39, 0.29) is 12.3 Å². The second-order valence-electron chi connectivity index (χ2n) is 6.61. The van der Waals surface area contributed by atoms with Crippen molar-refractivity contribution in [1.29, 1.82) is 0 Å². The number of aryl methyl sites for hydroxylation is 2. The average Bonchev–Trinajstić information content (AvgIpc) is 2.99. The lowest BCUT2D eigenvalue weighted by atomic mass is 10.0. The lowest BCUT2D eigenvalue weighted by molar-refractivity contribution is -0.148. The van der Waals surface area contributed by atoms with Crippen molar-refractivity contribution in [3.63, 3.8) is 0 Å². The van der Waals surface area contributed by atoms with E-state index in [0.717, 1.165) is 22.9 Å². The van der Waals surface area contributed by atoms with Crippen molar-refractivity contribution >= 4 is 28.8 Å². The normalized spacial score (nSPS) is 11.9. The third kappa shape index (κ3) is 5.57. The van der Waals surface area contributed by atoms with Crippen LogP contribution in [0.4, 0.5) is 0 Å². The van der Waals surface area contributed by atoms with Crippen LogP contribution in [-0.2, 0) is 25.5 Å². The van der Waals surface area contributed by atoms with Gasteiger partial charge < -0.3 is 19.8 Å². The number of rotatable bonds is 8. The van der Waals surface area contributed by atoms with Crippen LogP contribution in [0.25, 0.3) is 11.0 Å². The molecule has 1 heterocycles. The number of ether oxygens (including phenoxy) is 1. The third-order valence-electron chi connectivity index (χ3n) is 4.29. The van der Waals surface area contributed by atoms with Gasteiger partial charge >= 0.3 is 5.97 Å². The minimum atomic E-state index is -0.688. The average molecular weight is 374 g/mol. The number of esters is 1. The van der Waals surface area contributed by atoms with Crippen LogP contribution in [0.2, 0.25) is 0 Å². The minimum absolute atomic E-state index is 0.00925. The van der Waals surface area contributed by atoms with Crippen LogP contribution in [0, 0.1) is 13.8 Å². The van der Waals surface area contributed by atoms with E-state index >= 15 is 0 Å². The van der Waals surface area contributed by atoms with Crippen LogP contribution < -0.4 is 10.6 Å². The number of fused-ring (bicyclic) bond motifs is 1. The summed E-state index contributed by atoms with van der Waals surface area (Å²) in [5.74, 6) is -1.33. The highest BCUT2D eigenvalue weighted by Gasteiger charge is 2.17. The number of benzene rings is 1. The summed E-state index contributed by atoms with van der Waals surface area (Å²) in [6.07, 6.45) is 2.35. The minimum Gasteiger partial charge on any atom is -0.464 e. The molecule has 146 valence electrons. The van der Waals surface area contributed by atoms with Gasteiger partial charge in [-0.25, -0.2) is 0 Å². The molecule has 0 fully saturated rings. The molecule has 2 amide bonds. The maximum Gasteiger partial charge on any atom is 0.310 e. The van der Waals surface area contributed by atoms with Crippen molar-refractivity contribution in [3.05, 3.63) is 35.1 Å². The van der Waals surface area contributed by atoms with Gasteiger partial charge in [0.2, 0.25) is 5.91 Å². The van der Waals surface area contributed by atoms with Gasteiger partial charge in [0.25, 0.3) is 5.91 Å². The van der Waals surface area contributed by atoms with Crippen molar-refractivity contribution in [3.8, 4) is 0 Å². The second-order valence-corrected chi connectivity index (χ2v) is 6.61. The number of carbonyl (C=O) groups excluding carboxylic acids is 3. The molecule has 0 saturated heterocycles. The Morgan fingerprint density at radius 3 is 2.59 bits per heavy atom. The number of nitrogens with one attached hydrogen (secondary N) is 2. The molecule has 0 radical (unpaired) electrons. The first kappa shape index (κ1) is 20.5. The molecule has 0 aliphatic heterocycles. The van der Waals surface area contributed by atoms with E-state index < -0.39 is 24.5 Å². The van der Waals surface area contributed by atoms with E-state index in [1.165, 1.54) is 6.26 Å². The Kier molecular flexibility index (Phi) is 6.98. The zero-order chi connectivity index (χ0) is 20.0. The van der Waals surface area contributed by atoms with Crippen LogP contribution in [-0.4, -0.2) is 37.0 Å². The van der Waals surface area contributed by atoms with Gasteiger partial charge in [-0.3, -0.25) is 14.4 Å². The van der Waals surface area contributed by atoms with Crippen molar-refractivity contribution in [2.45, 2.75) is 46.6 Å². The van der Waals surface area contributed by atoms with Crippen LogP contribution >= 0.6 is 0 Å². The fourth-order valence-corrected chi connectivity index (χ4v) is 2.58. The molecule has 0 unspecified atom stereocenters. The van der Waals surface area contributed by atoms with Gasteiger partial charge in [0.15, 0.2) is 6.61 Å². The number of hydrogen-bond acceptors (Lipinski definition) is 5. The molecule has 27 heavy (non-hydrogen) atoms. The summed E-state index contributed by atoms with van der Waals surface area (Å²) in [5, 5.41) is 6.05. The molecular formula is C20H26N2O5. The summed E-state index contributed by atoms with van der Waals surface area (Å²) in [6.45, 7) is 7.62. The lowest BCUT2D eigenvalue weighted by Gasteiger charge is -2.13. The van der Waals surface area contributed by atoms with Gasteiger partial charge in [-0.15, -0.1) is 0 Å². The van der Waals surface area contributed by atoms with Gasteiger partial charge in [0.05, 0.1) is 12.7 Å². The zero-order valence-corrected chi connectivity index (χ0v) is 16.2. The standard InChI is InChI=1S/C20H26N2O5/c1-5-6-21-20(25)14(4)22-18(23)11-27-19(24)9-15-10-26-17-8-13(3)12(2)7-16(15)17/h7-8,10,14H,5-6,9,11H2,1-4H3,(H,21,25)(H,22,23)/t14-/m0/s1. The highest BCUT2D eigenvalue weighted by atomic mass is 16.5. The maximum absolute atomic E-state index is 12.0. The van der Waals surface area contributed by atoms with E-state index in [9.17, 15) is 14.4 Å². The largest absolute Gasteiger partial charge is 0.464 e. The van der Waals surface area contributed by atoms with E-state index in [2.05, 4.69) is 10.6 Å². The molecule has 2 N–H and O–H groups in total. The molecule has 1 aromatic carbocycles. The quantitative estimate of drug-likeness (QED) is 0.690. The predicted octanol–water partition coefficient (Wildman–Crippen LogP) is 2.17.